The van der Waals surface area contributed by atoms with Gasteiger partial charge in [0.2, 0.25) is 17.5 Å². The third kappa shape index (κ3) is 2.92. The number of allylic oxidation sites excluding steroid dienone is 1. The number of aromatic nitrogens is 2. The van der Waals surface area contributed by atoms with E-state index in [9.17, 15) is 9.59 Å². The van der Waals surface area contributed by atoms with Gasteiger partial charge in [0.15, 0.2) is 5.82 Å². The zero-order valence-corrected chi connectivity index (χ0v) is 17.1. The number of nitrogens with zero attached hydrogens (tertiary/aromatic N) is 2. The van der Waals surface area contributed by atoms with Crippen molar-refractivity contribution >= 4 is 12.0 Å². The van der Waals surface area contributed by atoms with Gasteiger partial charge in [0, 0.05) is 19.1 Å². The fourth-order valence-electron chi connectivity index (χ4n) is 3.75. The highest BCUT2D eigenvalue weighted by molar-refractivity contribution is 5.83. The van der Waals surface area contributed by atoms with Crippen LogP contribution in [0.4, 0.5) is 0 Å². The van der Waals surface area contributed by atoms with Gasteiger partial charge in [0.25, 0.3) is 5.56 Å². The highest BCUT2D eigenvalue weighted by atomic mass is 16.5. The molecule has 0 saturated heterocycles. The molecule has 0 unspecified atom stereocenters. The van der Waals surface area contributed by atoms with Gasteiger partial charge in [-0.25, -0.2) is 0 Å². The van der Waals surface area contributed by atoms with E-state index in [2.05, 4.69) is 10.3 Å². The lowest BCUT2D eigenvalue weighted by atomic mass is 9.88. The van der Waals surface area contributed by atoms with E-state index in [0.717, 1.165) is 0 Å². The van der Waals surface area contributed by atoms with Crippen LogP contribution >= 0.6 is 0 Å². The first kappa shape index (κ1) is 20.1. The van der Waals surface area contributed by atoms with E-state index < -0.39 is 11.8 Å². The molecule has 3 rings (SSSR count). The van der Waals surface area contributed by atoms with Gasteiger partial charge in [-0.15, -0.1) is 0 Å². The lowest BCUT2D eigenvalue weighted by Crippen LogP contribution is -2.62. The minimum atomic E-state index is -1.22. The van der Waals surface area contributed by atoms with Crippen molar-refractivity contribution in [1.29, 1.82) is 0 Å². The lowest BCUT2D eigenvalue weighted by molar-refractivity contribution is -0.154. The van der Waals surface area contributed by atoms with E-state index >= 15 is 0 Å². The van der Waals surface area contributed by atoms with E-state index in [1.165, 1.54) is 25.0 Å². The molecule has 2 aliphatic rings. The smallest absolute Gasteiger partial charge is 0.265 e. The molecule has 3 atom stereocenters. The maximum atomic E-state index is 13.5. The van der Waals surface area contributed by atoms with E-state index in [1.54, 1.807) is 12.2 Å². The Kier molecular flexibility index (Phi) is 5.34. The molecule has 0 fully saturated rings. The number of methoxy groups -OCH3 is 2. The van der Waals surface area contributed by atoms with Crippen molar-refractivity contribution in [3.05, 3.63) is 39.8 Å². The third-order valence-corrected chi connectivity index (χ3v) is 5.50. The second kappa shape index (κ2) is 7.43. The van der Waals surface area contributed by atoms with Crippen molar-refractivity contribution in [3.63, 3.8) is 0 Å². The zero-order valence-electron chi connectivity index (χ0n) is 17.1. The summed E-state index contributed by atoms with van der Waals surface area (Å²) >= 11 is 0. The maximum absolute atomic E-state index is 13.5. The van der Waals surface area contributed by atoms with Crippen LogP contribution in [0.2, 0.25) is 0 Å². The fourth-order valence-corrected chi connectivity index (χ4v) is 3.75. The fraction of sp³-hybridized carbons (Fsp3) is 0.550. The number of hydrogen-bond acceptors (Lipinski definition) is 6. The molecule has 0 bridgehead atoms. The maximum Gasteiger partial charge on any atom is 0.265 e. The Balaban J connectivity index is 2.39. The summed E-state index contributed by atoms with van der Waals surface area (Å²) < 4.78 is 18.1. The Hall–Kier alpha value is -2.61. The summed E-state index contributed by atoms with van der Waals surface area (Å²) in [7, 11) is 3.02. The molecule has 8 heteroatoms. The normalized spacial score (nSPS) is 24.5. The zero-order chi connectivity index (χ0) is 20.6. The SMILES string of the molecule is CC[C@H](C)[C@@]1(OC)NC(=O)[C@@H](C(C)C)n2c1nc1c(c2=O)C=C(OC)C=CO1. The van der Waals surface area contributed by atoms with Crippen LogP contribution in [0.5, 0.6) is 5.88 Å². The van der Waals surface area contributed by atoms with Crippen molar-refractivity contribution in [2.24, 2.45) is 11.8 Å². The summed E-state index contributed by atoms with van der Waals surface area (Å²) in [4.78, 5) is 31.2. The minimum Gasteiger partial charge on any atom is -0.497 e. The van der Waals surface area contributed by atoms with Gasteiger partial charge < -0.3 is 19.5 Å². The van der Waals surface area contributed by atoms with Crippen molar-refractivity contribution in [2.75, 3.05) is 14.2 Å². The van der Waals surface area contributed by atoms with E-state index in [4.69, 9.17) is 14.2 Å². The standard InChI is InChI=1S/C20H27N3O5/c1-7-12(4)20(27-6)19-21-17-14(10-13(26-5)8-9-28-17)18(25)23(19)15(11(2)3)16(24)22-20/h8-12,15H,7H2,1-6H3,(H,22,24)/t12-,15+,20-/m0/s1. The molecule has 2 aliphatic heterocycles. The first-order valence-electron chi connectivity index (χ1n) is 9.43. The van der Waals surface area contributed by atoms with Gasteiger partial charge >= 0.3 is 0 Å². The highest BCUT2D eigenvalue weighted by Crippen LogP contribution is 2.39. The summed E-state index contributed by atoms with van der Waals surface area (Å²) in [5.41, 5.74) is -1.35. The topological polar surface area (TPSA) is 91.7 Å². The van der Waals surface area contributed by atoms with Gasteiger partial charge in [-0.2, -0.15) is 4.98 Å². The minimum absolute atomic E-state index is 0.126. The van der Waals surface area contributed by atoms with Gasteiger partial charge in [0.05, 0.1) is 13.4 Å². The van der Waals surface area contributed by atoms with Crippen LogP contribution in [0.1, 0.15) is 51.5 Å². The Labute approximate surface area is 164 Å². The summed E-state index contributed by atoms with van der Waals surface area (Å²) in [6.45, 7) is 7.73. The largest absolute Gasteiger partial charge is 0.497 e. The van der Waals surface area contributed by atoms with E-state index in [0.29, 0.717) is 18.0 Å². The number of hydrogen-bond donors (Lipinski definition) is 1. The molecule has 1 aromatic rings. The van der Waals surface area contributed by atoms with Gasteiger partial charge in [-0.05, 0) is 18.4 Å². The number of carbonyl (C=O) groups excluding carboxylic acids is 1. The number of rotatable bonds is 5. The lowest BCUT2D eigenvalue weighted by Gasteiger charge is -2.45. The average molecular weight is 389 g/mol. The summed E-state index contributed by atoms with van der Waals surface area (Å²) in [5.74, 6) is 0.435. The number of fused-ring (bicyclic) bond motifs is 2. The van der Waals surface area contributed by atoms with Crippen LogP contribution in [-0.4, -0.2) is 29.7 Å². The second-order valence-corrected chi connectivity index (χ2v) is 7.43. The Morgan fingerprint density at radius 1 is 1.32 bits per heavy atom. The van der Waals surface area contributed by atoms with Gasteiger partial charge in [-0.1, -0.05) is 27.7 Å². The van der Waals surface area contributed by atoms with Gasteiger partial charge in [0.1, 0.15) is 17.4 Å². The molecule has 0 aliphatic carbocycles. The first-order valence-corrected chi connectivity index (χ1v) is 9.43. The van der Waals surface area contributed by atoms with Crippen LogP contribution < -0.4 is 15.6 Å². The van der Waals surface area contributed by atoms with E-state index in [-0.39, 0.29) is 34.7 Å². The molecule has 152 valence electrons. The number of amides is 1. The van der Waals surface area contributed by atoms with Crippen LogP contribution in [-0.2, 0) is 20.0 Å². The Morgan fingerprint density at radius 3 is 2.61 bits per heavy atom. The van der Waals surface area contributed by atoms with Crippen LogP contribution in [0, 0.1) is 11.8 Å². The first-order chi connectivity index (χ1) is 13.3. The summed E-state index contributed by atoms with van der Waals surface area (Å²) in [5, 5.41) is 2.99. The number of ether oxygens (including phenoxy) is 3. The molecule has 3 heterocycles. The van der Waals surface area contributed by atoms with Gasteiger partial charge in [-0.3, -0.25) is 14.2 Å². The molecular weight excluding hydrogens is 362 g/mol. The van der Waals surface area contributed by atoms with Crippen LogP contribution in [0.15, 0.2) is 22.9 Å². The molecule has 1 aromatic heterocycles. The third-order valence-electron chi connectivity index (χ3n) is 5.50. The van der Waals surface area contributed by atoms with Crippen molar-refractivity contribution in [3.8, 4) is 5.88 Å². The quantitative estimate of drug-likeness (QED) is 0.831. The Morgan fingerprint density at radius 2 is 2.04 bits per heavy atom. The van der Waals surface area contributed by atoms with Crippen LogP contribution in [0.3, 0.4) is 0 Å². The molecule has 1 amide bonds. The van der Waals surface area contributed by atoms with Crippen molar-refractivity contribution in [2.45, 2.75) is 45.9 Å². The van der Waals surface area contributed by atoms with Crippen molar-refractivity contribution in [1.82, 2.24) is 14.9 Å². The summed E-state index contributed by atoms with van der Waals surface area (Å²) in [6, 6.07) is -0.705. The molecule has 0 saturated carbocycles. The predicted molar refractivity (Wildman–Crippen MR) is 103 cm³/mol. The number of carbonyl (C=O) groups is 1. The molecule has 0 aromatic carbocycles. The molecule has 28 heavy (non-hydrogen) atoms. The van der Waals surface area contributed by atoms with Crippen LogP contribution in [0.25, 0.3) is 6.08 Å². The molecule has 8 nitrogen and oxygen atoms in total. The summed E-state index contributed by atoms with van der Waals surface area (Å²) in [6.07, 6.45) is 5.31. The molecule has 0 spiro atoms. The highest BCUT2D eigenvalue weighted by Gasteiger charge is 2.50. The molecule has 0 radical (unpaired) electrons. The predicted octanol–water partition coefficient (Wildman–Crippen LogP) is 2.31. The Bertz CT molecular complexity index is 902. The average Bonchev–Trinajstić information content (AvgIpc) is 2.89. The van der Waals surface area contributed by atoms with E-state index in [1.807, 2.05) is 27.7 Å². The number of nitrogens with one attached hydrogen (secondary N) is 1. The molecular formula is C20H27N3O5. The monoisotopic (exact) mass is 389 g/mol. The molecule has 1 N–H and O–H groups in total. The van der Waals surface area contributed by atoms with Crippen molar-refractivity contribution < 1.29 is 19.0 Å². The second-order valence-electron chi connectivity index (χ2n) is 7.43.